The lowest BCUT2D eigenvalue weighted by Gasteiger charge is -2.13. The first-order valence-electron chi connectivity index (χ1n) is 9.44. The fourth-order valence-electron chi connectivity index (χ4n) is 2.84. The van der Waals surface area contributed by atoms with Crippen LogP contribution in [-0.4, -0.2) is 31.5 Å². The molecule has 0 aliphatic rings. The molecule has 0 atom stereocenters. The van der Waals surface area contributed by atoms with Gasteiger partial charge in [-0.2, -0.15) is 0 Å². The molecule has 2 N–H and O–H groups in total. The Morgan fingerprint density at radius 2 is 1.64 bits per heavy atom. The number of hydrogen-bond donors (Lipinski definition) is 2. The first-order chi connectivity index (χ1) is 13.6. The van der Waals surface area contributed by atoms with Crippen LogP contribution in [-0.2, 0) is 6.42 Å². The van der Waals surface area contributed by atoms with Crippen molar-refractivity contribution in [3.8, 4) is 0 Å². The van der Waals surface area contributed by atoms with Gasteiger partial charge >= 0.3 is 0 Å². The Morgan fingerprint density at radius 1 is 0.929 bits per heavy atom. The summed E-state index contributed by atoms with van der Waals surface area (Å²) in [7, 11) is 3.96. The zero-order chi connectivity index (χ0) is 19.8. The molecule has 5 nitrogen and oxygen atoms in total. The lowest BCUT2D eigenvalue weighted by molar-refractivity contribution is 0.102. The van der Waals surface area contributed by atoms with Crippen LogP contribution in [0.1, 0.15) is 22.5 Å². The van der Waals surface area contributed by atoms with E-state index >= 15 is 0 Å². The summed E-state index contributed by atoms with van der Waals surface area (Å²) in [5.41, 5.74) is 4.49. The third kappa shape index (κ3) is 5.58. The molecule has 0 aliphatic heterocycles. The van der Waals surface area contributed by atoms with Gasteiger partial charge in [-0.1, -0.05) is 30.3 Å². The molecule has 2 aromatic carbocycles. The van der Waals surface area contributed by atoms with Crippen molar-refractivity contribution in [2.75, 3.05) is 36.2 Å². The van der Waals surface area contributed by atoms with Gasteiger partial charge in [0.05, 0.1) is 11.9 Å². The fourth-order valence-corrected chi connectivity index (χ4v) is 2.84. The van der Waals surface area contributed by atoms with Crippen molar-refractivity contribution in [3.63, 3.8) is 0 Å². The van der Waals surface area contributed by atoms with E-state index in [4.69, 9.17) is 0 Å². The van der Waals surface area contributed by atoms with Crippen LogP contribution in [0.3, 0.4) is 0 Å². The van der Waals surface area contributed by atoms with Crippen LogP contribution in [0.15, 0.2) is 72.9 Å². The highest BCUT2D eigenvalue weighted by Crippen LogP contribution is 2.16. The van der Waals surface area contributed by atoms with Gasteiger partial charge in [0.2, 0.25) is 0 Å². The Balaban J connectivity index is 1.47. The number of anilines is 3. The minimum atomic E-state index is -0.215. The number of benzene rings is 2. The van der Waals surface area contributed by atoms with Crippen LogP contribution >= 0.6 is 0 Å². The molecule has 0 saturated carbocycles. The molecule has 0 aliphatic carbocycles. The van der Waals surface area contributed by atoms with Crippen LogP contribution in [0, 0.1) is 0 Å². The Morgan fingerprint density at radius 3 is 2.29 bits per heavy atom. The van der Waals surface area contributed by atoms with Gasteiger partial charge in [0, 0.05) is 32.0 Å². The number of amides is 1. The topological polar surface area (TPSA) is 57.3 Å². The predicted octanol–water partition coefficient (Wildman–Crippen LogP) is 4.44. The van der Waals surface area contributed by atoms with Crippen molar-refractivity contribution in [2.45, 2.75) is 12.8 Å². The Hall–Kier alpha value is -3.34. The summed E-state index contributed by atoms with van der Waals surface area (Å²) in [5, 5.41) is 6.22. The number of carbonyl (C=O) groups is 1. The molecule has 0 bridgehead atoms. The molecular formula is C23H26N4O. The molecular weight excluding hydrogens is 348 g/mol. The molecule has 0 unspecified atom stereocenters. The van der Waals surface area contributed by atoms with Crippen LogP contribution < -0.4 is 15.5 Å². The summed E-state index contributed by atoms with van der Waals surface area (Å²) in [4.78, 5) is 18.6. The molecule has 1 heterocycles. The summed E-state index contributed by atoms with van der Waals surface area (Å²) in [6.07, 6.45) is 3.77. The summed E-state index contributed by atoms with van der Waals surface area (Å²) in [6, 6.07) is 21.8. The minimum absolute atomic E-state index is 0.215. The van der Waals surface area contributed by atoms with Crippen LogP contribution in [0.5, 0.6) is 0 Å². The van der Waals surface area contributed by atoms with Crippen molar-refractivity contribution < 1.29 is 4.79 Å². The summed E-state index contributed by atoms with van der Waals surface area (Å²) in [6.45, 7) is 0.861. The summed E-state index contributed by atoms with van der Waals surface area (Å²) >= 11 is 0. The lowest BCUT2D eigenvalue weighted by Crippen LogP contribution is -2.14. The molecule has 3 rings (SSSR count). The predicted molar refractivity (Wildman–Crippen MR) is 116 cm³/mol. The van der Waals surface area contributed by atoms with Gasteiger partial charge in [-0.05, 0) is 54.8 Å². The van der Waals surface area contributed by atoms with Gasteiger partial charge < -0.3 is 15.5 Å². The van der Waals surface area contributed by atoms with Crippen LogP contribution in [0.2, 0.25) is 0 Å². The monoisotopic (exact) mass is 374 g/mol. The van der Waals surface area contributed by atoms with E-state index in [-0.39, 0.29) is 5.91 Å². The van der Waals surface area contributed by atoms with Crippen LogP contribution in [0.4, 0.5) is 17.1 Å². The molecule has 1 aromatic heterocycles. The summed E-state index contributed by atoms with van der Waals surface area (Å²) < 4.78 is 0. The molecule has 1 amide bonds. The number of nitrogens with zero attached hydrogens (tertiary/aromatic N) is 2. The van der Waals surface area contributed by atoms with Gasteiger partial charge in [-0.3, -0.25) is 4.79 Å². The van der Waals surface area contributed by atoms with Gasteiger partial charge in [-0.15, -0.1) is 0 Å². The first kappa shape index (κ1) is 19.4. The maximum atomic E-state index is 12.4. The van der Waals surface area contributed by atoms with Crippen molar-refractivity contribution in [1.29, 1.82) is 0 Å². The Labute approximate surface area is 166 Å². The van der Waals surface area contributed by atoms with E-state index in [1.807, 2.05) is 55.4 Å². The molecule has 3 aromatic rings. The third-order valence-corrected chi connectivity index (χ3v) is 4.45. The number of nitrogens with one attached hydrogen (secondary N) is 2. The van der Waals surface area contributed by atoms with Crippen molar-refractivity contribution in [1.82, 2.24) is 4.98 Å². The van der Waals surface area contributed by atoms with Gasteiger partial charge in [0.1, 0.15) is 5.69 Å². The number of aryl methyl sites for hydroxylation is 1. The van der Waals surface area contributed by atoms with E-state index in [0.29, 0.717) is 5.69 Å². The summed E-state index contributed by atoms with van der Waals surface area (Å²) in [5.74, 6) is -0.215. The largest absolute Gasteiger partial charge is 0.384 e. The number of pyridine rings is 1. The fraction of sp³-hybridized carbons (Fsp3) is 0.217. The average Bonchev–Trinajstić information content (AvgIpc) is 2.73. The molecule has 0 saturated heterocycles. The number of hydrogen-bond acceptors (Lipinski definition) is 4. The second-order valence-electron chi connectivity index (χ2n) is 6.84. The smallest absolute Gasteiger partial charge is 0.274 e. The van der Waals surface area contributed by atoms with E-state index in [1.54, 1.807) is 12.3 Å². The van der Waals surface area contributed by atoms with Gasteiger partial charge in [0.15, 0.2) is 0 Å². The highest BCUT2D eigenvalue weighted by molar-refractivity contribution is 6.03. The lowest BCUT2D eigenvalue weighted by atomic mass is 10.1. The second-order valence-corrected chi connectivity index (χ2v) is 6.84. The highest BCUT2D eigenvalue weighted by Gasteiger charge is 2.08. The Bertz CT molecular complexity index is 875. The van der Waals surface area contributed by atoms with Crippen molar-refractivity contribution >= 4 is 23.0 Å². The van der Waals surface area contributed by atoms with E-state index in [0.717, 1.165) is 36.4 Å². The minimum Gasteiger partial charge on any atom is -0.384 e. The average molecular weight is 374 g/mol. The standard InChI is InChI=1S/C23H26N4O/c1-27(2)21-13-10-19(11-14-21)26-23(28)22-15-12-20(17-25-22)24-16-6-9-18-7-4-3-5-8-18/h3-5,7-8,10-15,17,24H,6,9,16H2,1-2H3,(H,26,28). The van der Waals surface area contributed by atoms with E-state index < -0.39 is 0 Å². The second kappa shape index (κ2) is 9.55. The van der Waals surface area contributed by atoms with E-state index in [2.05, 4.69) is 39.9 Å². The zero-order valence-electron chi connectivity index (χ0n) is 16.4. The number of aromatic nitrogens is 1. The van der Waals surface area contributed by atoms with Crippen molar-refractivity contribution in [2.24, 2.45) is 0 Å². The molecule has 0 fully saturated rings. The van der Waals surface area contributed by atoms with E-state index in [1.165, 1.54) is 5.56 Å². The molecule has 0 spiro atoms. The molecule has 28 heavy (non-hydrogen) atoms. The molecule has 5 heteroatoms. The zero-order valence-corrected chi connectivity index (χ0v) is 16.4. The van der Waals surface area contributed by atoms with Gasteiger partial charge in [0.25, 0.3) is 5.91 Å². The SMILES string of the molecule is CN(C)c1ccc(NC(=O)c2ccc(NCCCc3ccccc3)cn2)cc1. The number of rotatable bonds is 8. The normalized spacial score (nSPS) is 10.4. The van der Waals surface area contributed by atoms with Gasteiger partial charge in [-0.25, -0.2) is 4.98 Å². The quantitative estimate of drug-likeness (QED) is 0.572. The van der Waals surface area contributed by atoms with Crippen molar-refractivity contribution in [3.05, 3.63) is 84.2 Å². The maximum absolute atomic E-state index is 12.4. The van der Waals surface area contributed by atoms with E-state index in [9.17, 15) is 4.79 Å². The number of carbonyl (C=O) groups excluding carboxylic acids is 1. The highest BCUT2D eigenvalue weighted by atomic mass is 16.1. The first-order valence-corrected chi connectivity index (χ1v) is 9.44. The Kier molecular flexibility index (Phi) is 6.63. The maximum Gasteiger partial charge on any atom is 0.274 e. The molecule has 0 radical (unpaired) electrons. The third-order valence-electron chi connectivity index (χ3n) is 4.45. The van der Waals surface area contributed by atoms with Crippen LogP contribution in [0.25, 0.3) is 0 Å². The molecule has 144 valence electrons.